The molecule has 6 rings (SSSR count). The first-order chi connectivity index (χ1) is 18.5. The number of carbonyl (C=O) groups is 2. The van der Waals surface area contributed by atoms with Crippen molar-refractivity contribution in [2.75, 3.05) is 5.32 Å². The normalized spacial score (nSPS) is 14.1. The van der Waals surface area contributed by atoms with Gasteiger partial charge in [0.1, 0.15) is 11.5 Å². The summed E-state index contributed by atoms with van der Waals surface area (Å²) in [6, 6.07) is 19.4. The molecule has 8 heteroatoms. The molecule has 0 aliphatic heterocycles. The van der Waals surface area contributed by atoms with Crippen LogP contribution in [0.15, 0.2) is 76.4 Å². The molecule has 0 unspecified atom stereocenters. The number of carbonyl (C=O) groups excluding carboxylic acids is 2. The van der Waals surface area contributed by atoms with Crippen molar-refractivity contribution in [2.45, 2.75) is 39.7 Å². The van der Waals surface area contributed by atoms with Gasteiger partial charge in [0.15, 0.2) is 5.76 Å². The number of furan rings is 1. The van der Waals surface area contributed by atoms with Crippen molar-refractivity contribution in [3.05, 3.63) is 95.2 Å². The van der Waals surface area contributed by atoms with Gasteiger partial charge in [0.2, 0.25) is 0 Å². The Hall–Kier alpha value is -4.72. The molecule has 5 aromatic rings. The lowest BCUT2D eigenvalue weighted by molar-refractivity contribution is 0.0948. The number of amides is 2. The molecule has 0 saturated carbocycles. The number of nitrogens with zero attached hydrogens (tertiary/aromatic N) is 3. The Bertz CT molecular complexity index is 1730. The summed E-state index contributed by atoms with van der Waals surface area (Å²) in [6.07, 6.45) is 3.76. The van der Waals surface area contributed by atoms with Crippen molar-refractivity contribution in [3.63, 3.8) is 0 Å². The molecule has 0 atom stereocenters. The summed E-state index contributed by atoms with van der Waals surface area (Å²) in [4.78, 5) is 29.8. The molecule has 2 N–H and O–H groups in total. The number of rotatable bonds is 5. The Kier molecular flexibility index (Phi) is 5.99. The minimum absolute atomic E-state index is 0.261. The topological polar surface area (TPSA) is 102 Å². The molecule has 0 saturated heterocycles. The Morgan fingerprint density at radius 1 is 1.00 bits per heavy atom. The van der Waals surface area contributed by atoms with Crippen LogP contribution in [0, 0.1) is 6.92 Å². The predicted molar refractivity (Wildman–Crippen MR) is 148 cm³/mol. The summed E-state index contributed by atoms with van der Waals surface area (Å²) in [7, 11) is 0. The predicted octanol–water partition coefficient (Wildman–Crippen LogP) is 5.83. The number of anilines is 1. The monoisotopic (exact) mass is 505 g/mol. The largest absolute Gasteiger partial charge is 0.455 e. The van der Waals surface area contributed by atoms with Crippen molar-refractivity contribution in [2.24, 2.45) is 5.10 Å². The number of hydrogen-bond acceptors (Lipinski definition) is 5. The first-order valence-corrected chi connectivity index (χ1v) is 12.8. The van der Waals surface area contributed by atoms with Gasteiger partial charge >= 0.3 is 0 Å². The van der Waals surface area contributed by atoms with Crippen LogP contribution in [0.5, 0.6) is 0 Å². The number of pyridine rings is 1. The highest BCUT2D eigenvalue weighted by atomic mass is 16.4. The molecular formula is C30H27N5O3. The molecule has 1 aliphatic rings. The summed E-state index contributed by atoms with van der Waals surface area (Å²) < 4.78 is 8.32. The minimum atomic E-state index is -0.385. The molecule has 1 aliphatic carbocycles. The summed E-state index contributed by atoms with van der Waals surface area (Å²) in [5.41, 5.74) is 8.09. The maximum Gasteiger partial charge on any atom is 0.291 e. The molecule has 3 heterocycles. The smallest absolute Gasteiger partial charge is 0.291 e. The van der Waals surface area contributed by atoms with Crippen LogP contribution < -0.4 is 10.7 Å². The van der Waals surface area contributed by atoms with Crippen LogP contribution in [0.4, 0.5) is 5.69 Å². The van der Waals surface area contributed by atoms with Crippen molar-refractivity contribution in [1.29, 1.82) is 0 Å². The zero-order valence-corrected chi connectivity index (χ0v) is 21.2. The van der Waals surface area contributed by atoms with E-state index in [1.807, 2.05) is 37.3 Å². The SMILES string of the molecule is CCn1c2ccccc2c2cc(NC(=O)c3oc4c(c3C)/C(=N/NC(=O)c3ccccn3)CCC4)ccc21. The highest BCUT2D eigenvalue weighted by molar-refractivity contribution is 6.12. The molecule has 0 bridgehead atoms. The van der Waals surface area contributed by atoms with Gasteiger partial charge in [-0.1, -0.05) is 24.3 Å². The number of aryl methyl sites for hydroxylation is 2. The van der Waals surface area contributed by atoms with E-state index >= 15 is 0 Å². The first kappa shape index (κ1) is 23.7. The van der Waals surface area contributed by atoms with Crippen LogP contribution in [-0.4, -0.2) is 27.1 Å². The fourth-order valence-corrected chi connectivity index (χ4v) is 5.33. The lowest BCUT2D eigenvalue weighted by atomic mass is 9.93. The maximum absolute atomic E-state index is 13.3. The van der Waals surface area contributed by atoms with Crippen LogP contribution in [0.2, 0.25) is 0 Å². The first-order valence-electron chi connectivity index (χ1n) is 12.8. The van der Waals surface area contributed by atoms with Gasteiger partial charge in [-0.05, 0) is 63.1 Å². The molecule has 38 heavy (non-hydrogen) atoms. The van der Waals surface area contributed by atoms with Gasteiger partial charge < -0.3 is 14.3 Å². The van der Waals surface area contributed by atoms with Gasteiger partial charge in [-0.15, -0.1) is 0 Å². The van der Waals surface area contributed by atoms with Gasteiger partial charge in [0.05, 0.1) is 5.71 Å². The Labute approximate surface area is 219 Å². The van der Waals surface area contributed by atoms with Gasteiger partial charge in [0, 0.05) is 57.8 Å². The Morgan fingerprint density at radius 2 is 1.82 bits per heavy atom. The van der Waals surface area contributed by atoms with E-state index in [-0.39, 0.29) is 23.3 Å². The second-order valence-corrected chi connectivity index (χ2v) is 9.37. The molecule has 0 fully saturated rings. The van der Waals surface area contributed by atoms with Crippen LogP contribution >= 0.6 is 0 Å². The number of nitrogens with one attached hydrogen (secondary N) is 2. The number of aromatic nitrogens is 2. The average Bonchev–Trinajstić information content (AvgIpc) is 3.46. The van der Waals surface area contributed by atoms with E-state index in [0.717, 1.165) is 34.8 Å². The molecule has 8 nitrogen and oxygen atoms in total. The van der Waals surface area contributed by atoms with Crippen molar-refractivity contribution in [3.8, 4) is 0 Å². The van der Waals surface area contributed by atoms with E-state index in [2.05, 4.69) is 44.5 Å². The summed E-state index contributed by atoms with van der Waals surface area (Å²) >= 11 is 0. The minimum Gasteiger partial charge on any atom is -0.455 e. The molecule has 2 amide bonds. The number of hydrogen-bond donors (Lipinski definition) is 2. The molecule has 0 spiro atoms. The van der Waals surface area contributed by atoms with Gasteiger partial charge in [0.25, 0.3) is 11.8 Å². The van der Waals surface area contributed by atoms with E-state index < -0.39 is 0 Å². The quantitative estimate of drug-likeness (QED) is 0.293. The van der Waals surface area contributed by atoms with E-state index in [0.29, 0.717) is 35.6 Å². The van der Waals surface area contributed by atoms with Crippen LogP contribution in [0.1, 0.15) is 57.7 Å². The fraction of sp³-hybridized carbons (Fsp3) is 0.200. The lowest BCUT2D eigenvalue weighted by Crippen LogP contribution is -2.22. The van der Waals surface area contributed by atoms with Gasteiger partial charge in [-0.25, -0.2) is 5.43 Å². The van der Waals surface area contributed by atoms with E-state index in [1.54, 1.807) is 24.4 Å². The third-order valence-electron chi connectivity index (χ3n) is 7.07. The van der Waals surface area contributed by atoms with E-state index in [9.17, 15) is 9.59 Å². The maximum atomic E-state index is 13.3. The average molecular weight is 506 g/mol. The Morgan fingerprint density at radius 3 is 2.63 bits per heavy atom. The lowest BCUT2D eigenvalue weighted by Gasteiger charge is -2.13. The van der Waals surface area contributed by atoms with Crippen molar-refractivity contribution < 1.29 is 14.0 Å². The zero-order chi connectivity index (χ0) is 26.2. The molecule has 0 radical (unpaired) electrons. The second-order valence-electron chi connectivity index (χ2n) is 9.37. The number of para-hydroxylation sites is 1. The molecule has 3 aromatic heterocycles. The second kappa shape index (κ2) is 9.63. The Balaban J connectivity index is 1.28. The number of fused-ring (bicyclic) bond motifs is 4. The van der Waals surface area contributed by atoms with Gasteiger partial charge in [-0.3, -0.25) is 14.6 Å². The van der Waals surface area contributed by atoms with Gasteiger partial charge in [-0.2, -0.15) is 5.10 Å². The highest BCUT2D eigenvalue weighted by Crippen LogP contribution is 2.33. The molecule has 190 valence electrons. The highest BCUT2D eigenvalue weighted by Gasteiger charge is 2.28. The van der Waals surface area contributed by atoms with Crippen LogP contribution in [0.25, 0.3) is 21.8 Å². The van der Waals surface area contributed by atoms with Crippen molar-refractivity contribution >= 4 is 45.0 Å². The van der Waals surface area contributed by atoms with E-state index in [4.69, 9.17) is 4.42 Å². The number of benzene rings is 2. The third kappa shape index (κ3) is 4.04. The molecular weight excluding hydrogens is 478 g/mol. The van der Waals surface area contributed by atoms with Crippen LogP contribution in [0.3, 0.4) is 0 Å². The van der Waals surface area contributed by atoms with E-state index in [1.165, 1.54) is 5.52 Å². The summed E-state index contributed by atoms with van der Waals surface area (Å²) in [6.45, 7) is 4.85. The summed E-state index contributed by atoms with van der Waals surface area (Å²) in [5.74, 6) is 0.277. The molecule has 2 aromatic carbocycles. The van der Waals surface area contributed by atoms with Crippen LogP contribution in [-0.2, 0) is 13.0 Å². The number of hydrazone groups is 1. The summed E-state index contributed by atoms with van der Waals surface area (Å²) in [5, 5.41) is 9.64. The zero-order valence-electron chi connectivity index (χ0n) is 21.2. The fourth-order valence-electron chi connectivity index (χ4n) is 5.33. The standard InChI is InChI=1S/C30H27N5O3/c1-3-35-24-12-5-4-9-20(24)21-17-19(14-15-25(21)35)32-30(37)28-18(2)27-22(11-8-13-26(27)38-28)33-34-29(36)23-10-6-7-16-31-23/h4-7,9-10,12,14-17H,3,8,11,13H2,1-2H3,(H,32,37)(H,34,36)/b33-22+. The third-order valence-corrected chi connectivity index (χ3v) is 7.07. The van der Waals surface area contributed by atoms with Crippen molar-refractivity contribution in [1.82, 2.24) is 15.0 Å².